The van der Waals surface area contributed by atoms with Crippen molar-refractivity contribution in [3.8, 4) is 0 Å². The zero-order valence-corrected chi connectivity index (χ0v) is 10.6. The smallest absolute Gasteiger partial charge is 0.267 e. The molecule has 1 atom stereocenters. The average Bonchev–Trinajstić information content (AvgIpc) is 2.38. The maximum Gasteiger partial charge on any atom is 0.267 e. The number of carbonyl (C=O) groups excluding carboxylic acids is 1. The molecule has 0 radical (unpaired) electrons. The van der Waals surface area contributed by atoms with Gasteiger partial charge in [-0.05, 0) is 37.0 Å². The highest BCUT2D eigenvalue weighted by molar-refractivity contribution is 5.99. The van der Waals surface area contributed by atoms with E-state index in [2.05, 4.69) is 17.2 Å². The quantitative estimate of drug-likeness (QED) is 0.317. The first-order valence-corrected chi connectivity index (χ1v) is 6.27. The minimum absolute atomic E-state index is 0.348. The third-order valence-corrected chi connectivity index (χ3v) is 3.43. The maximum absolute atomic E-state index is 11.6. The molecule has 1 aliphatic heterocycles. The number of carbonyl (C=O) groups is 1. The Kier molecular flexibility index (Phi) is 3.72. The number of nitrogens with one attached hydrogen (secondary N) is 1. The first-order valence-electron chi connectivity index (χ1n) is 6.27. The SMILES string of the molecule is CC1CCCN(c2ccc(N)c(C(=O)NN)c2)C1. The van der Waals surface area contributed by atoms with E-state index in [9.17, 15) is 4.79 Å². The monoisotopic (exact) mass is 248 g/mol. The minimum atomic E-state index is -0.348. The van der Waals surface area contributed by atoms with Gasteiger partial charge in [-0.1, -0.05) is 6.92 Å². The van der Waals surface area contributed by atoms with Crippen molar-refractivity contribution in [2.45, 2.75) is 19.8 Å². The van der Waals surface area contributed by atoms with Gasteiger partial charge in [-0.2, -0.15) is 0 Å². The number of hydrazine groups is 1. The lowest BCUT2D eigenvalue weighted by molar-refractivity contribution is 0.0954. The van der Waals surface area contributed by atoms with Gasteiger partial charge >= 0.3 is 0 Å². The summed E-state index contributed by atoms with van der Waals surface area (Å²) < 4.78 is 0. The van der Waals surface area contributed by atoms with Crippen LogP contribution in [0.15, 0.2) is 18.2 Å². The number of rotatable bonds is 2. The van der Waals surface area contributed by atoms with E-state index in [0.717, 1.165) is 18.8 Å². The van der Waals surface area contributed by atoms with Crippen molar-refractivity contribution in [3.05, 3.63) is 23.8 Å². The zero-order chi connectivity index (χ0) is 13.1. The third kappa shape index (κ3) is 2.56. The molecule has 0 saturated carbocycles. The third-order valence-electron chi connectivity index (χ3n) is 3.43. The molecular formula is C13H20N4O. The number of nitrogen functional groups attached to an aromatic ring is 2. The van der Waals surface area contributed by atoms with E-state index in [1.807, 2.05) is 12.1 Å². The van der Waals surface area contributed by atoms with Crippen molar-refractivity contribution in [2.24, 2.45) is 11.8 Å². The summed E-state index contributed by atoms with van der Waals surface area (Å²) in [5.41, 5.74) is 9.84. The predicted octanol–water partition coefficient (Wildman–Crippen LogP) is 1.11. The molecule has 5 N–H and O–H groups in total. The highest BCUT2D eigenvalue weighted by Gasteiger charge is 2.18. The molecule has 0 aromatic heterocycles. The van der Waals surface area contributed by atoms with Gasteiger partial charge in [0.15, 0.2) is 0 Å². The minimum Gasteiger partial charge on any atom is -0.398 e. The highest BCUT2D eigenvalue weighted by Crippen LogP contribution is 2.26. The molecule has 1 aromatic rings. The summed E-state index contributed by atoms with van der Waals surface area (Å²) in [5.74, 6) is 5.49. The lowest BCUT2D eigenvalue weighted by Gasteiger charge is -2.33. The number of nitrogens with two attached hydrogens (primary N) is 2. The topological polar surface area (TPSA) is 84.4 Å². The molecule has 0 spiro atoms. The first kappa shape index (κ1) is 12.7. The van der Waals surface area contributed by atoms with Gasteiger partial charge in [0.2, 0.25) is 0 Å². The van der Waals surface area contributed by atoms with Crippen molar-refractivity contribution in [1.29, 1.82) is 0 Å². The van der Waals surface area contributed by atoms with E-state index in [0.29, 0.717) is 17.2 Å². The molecule has 5 nitrogen and oxygen atoms in total. The van der Waals surface area contributed by atoms with Crippen molar-refractivity contribution in [3.63, 3.8) is 0 Å². The Balaban J connectivity index is 2.26. The molecule has 1 aromatic carbocycles. The van der Waals surface area contributed by atoms with Crippen LogP contribution in [0.3, 0.4) is 0 Å². The fourth-order valence-corrected chi connectivity index (χ4v) is 2.44. The van der Waals surface area contributed by atoms with E-state index in [-0.39, 0.29) is 5.91 Å². The molecule has 5 heteroatoms. The van der Waals surface area contributed by atoms with E-state index < -0.39 is 0 Å². The van der Waals surface area contributed by atoms with Gasteiger partial charge in [0.05, 0.1) is 5.56 Å². The number of hydrogen-bond acceptors (Lipinski definition) is 4. The van der Waals surface area contributed by atoms with Crippen LogP contribution in [0.25, 0.3) is 0 Å². The Bertz CT molecular complexity index is 447. The Morgan fingerprint density at radius 2 is 2.28 bits per heavy atom. The Labute approximate surface area is 107 Å². The molecule has 0 aliphatic carbocycles. The maximum atomic E-state index is 11.6. The zero-order valence-electron chi connectivity index (χ0n) is 10.6. The van der Waals surface area contributed by atoms with Crippen LogP contribution in [0, 0.1) is 5.92 Å². The predicted molar refractivity (Wildman–Crippen MR) is 73.1 cm³/mol. The second-order valence-electron chi connectivity index (χ2n) is 4.94. The van der Waals surface area contributed by atoms with Crippen LogP contribution in [0.2, 0.25) is 0 Å². The molecule has 1 amide bonds. The lowest BCUT2D eigenvalue weighted by Crippen LogP contribution is -2.35. The average molecular weight is 248 g/mol. The van der Waals surface area contributed by atoms with Crippen molar-refractivity contribution in [1.82, 2.24) is 5.43 Å². The molecule has 1 saturated heterocycles. The van der Waals surface area contributed by atoms with Crippen LogP contribution in [0.5, 0.6) is 0 Å². The van der Waals surface area contributed by atoms with Gasteiger partial charge in [-0.3, -0.25) is 10.2 Å². The summed E-state index contributed by atoms with van der Waals surface area (Å²) in [6, 6.07) is 5.54. The number of amides is 1. The van der Waals surface area contributed by atoms with Crippen LogP contribution in [-0.4, -0.2) is 19.0 Å². The van der Waals surface area contributed by atoms with Gasteiger partial charge in [0, 0.05) is 24.5 Å². The van der Waals surface area contributed by atoms with Gasteiger partial charge in [-0.15, -0.1) is 0 Å². The molecule has 98 valence electrons. The van der Waals surface area contributed by atoms with Crippen molar-refractivity contribution < 1.29 is 4.79 Å². The van der Waals surface area contributed by atoms with Gasteiger partial charge in [0.25, 0.3) is 5.91 Å². The summed E-state index contributed by atoms with van der Waals surface area (Å²) >= 11 is 0. The molecule has 1 unspecified atom stereocenters. The number of piperidine rings is 1. The fourth-order valence-electron chi connectivity index (χ4n) is 2.44. The summed E-state index contributed by atoms with van der Waals surface area (Å²) in [4.78, 5) is 13.9. The summed E-state index contributed by atoms with van der Waals surface area (Å²) in [5, 5.41) is 0. The van der Waals surface area contributed by atoms with Crippen molar-refractivity contribution in [2.75, 3.05) is 23.7 Å². The molecule has 1 fully saturated rings. The number of benzene rings is 1. The standard InChI is InChI=1S/C13H20N4O/c1-9-3-2-6-17(8-9)10-4-5-12(14)11(7-10)13(18)16-15/h4-5,7,9H,2-3,6,8,14-15H2,1H3,(H,16,18). The van der Waals surface area contributed by atoms with E-state index >= 15 is 0 Å². The molecular weight excluding hydrogens is 228 g/mol. The van der Waals surface area contributed by atoms with Crippen LogP contribution in [0.4, 0.5) is 11.4 Å². The first-order chi connectivity index (χ1) is 8.61. The summed E-state index contributed by atoms with van der Waals surface area (Å²) in [6.07, 6.45) is 2.45. The Morgan fingerprint density at radius 1 is 1.50 bits per heavy atom. The lowest BCUT2D eigenvalue weighted by atomic mass is 9.99. The molecule has 1 aliphatic rings. The highest BCUT2D eigenvalue weighted by atomic mass is 16.2. The number of nitrogens with zero attached hydrogens (tertiary/aromatic N) is 1. The van der Waals surface area contributed by atoms with Crippen LogP contribution in [0.1, 0.15) is 30.1 Å². The second-order valence-corrected chi connectivity index (χ2v) is 4.94. The molecule has 18 heavy (non-hydrogen) atoms. The fraction of sp³-hybridized carbons (Fsp3) is 0.462. The molecule has 2 rings (SSSR count). The largest absolute Gasteiger partial charge is 0.398 e. The summed E-state index contributed by atoms with van der Waals surface area (Å²) in [7, 11) is 0. The second kappa shape index (κ2) is 5.27. The normalized spacial score (nSPS) is 19.7. The molecule has 0 bridgehead atoms. The Hall–Kier alpha value is -1.75. The molecule has 1 heterocycles. The number of anilines is 2. The van der Waals surface area contributed by atoms with Crippen LogP contribution < -0.4 is 21.9 Å². The van der Waals surface area contributed by atoms with E-state index in [1.165, 1.54) is 12.8 Å². The van der Waals surface area contributed by atoms with Gasteiger partial charge < -0.3 is 10.6 Å². The van der Waals surface area contributed by atoms with Gasteiger partial charge in [0.1, 0.15) is 0 Å². The van der Waals surface area contributed by atoms with E-state index in [1.54, 1.807) is 6.07 Å². The Morgan fingerprint density at radius 3 is 2.94 bits per heavy atom. The number of hydrogen-bond donors (Lipinski definition) is 3. The van der Waals surface area contributed by atoms with Gasteiger partial charge in [-0.25, -0.2) is 5.84 Å². The van der Waals surface area contributed by atoms with E-state index in [4.69, 9.17) is 11.6 Å². The van der Waals surface area contributed by atoms with Crippen LogP contribution in [-0.2, 0) is 0 Å². The van der Waals surface area contributed by atoms with Crippen molar-refractivity contribution >= 4 is 17.3 Å². The summed E-state index contributed by atoms with van der Waals surface area (Å²) in [6.45, 7) is 4.29. The van der Waals surface area contributed by atoms with Crippen LogP contribution >= 0.6 is 0 Å².